The van der Waals surface area contributed by atoms with Gasteiger partial charge in [0.1, 0.15) is 0 Å². The first-order valence-corrected chi connectivity index (χ1v) is 21.1. The molecule has 0 atom stereocenters. The SMILES string of the molecule is [2H]c1c([2H])c([2H])c(-n2c3ccc(/C=C/c4ccc5c(c4)C(C)(C)c4c-5ccc5c6ccccc6n(-c6ccccc6)c45)cc3c3cc(N(c4ccccc4)c4ccccc4)ccc32)c([2H])c1[2H]. The number of hydrogen-bond donors (Lipinski definition) is 0. The highest BCUT2D eigenvalue weighted by molar-refractivity contribution is 6.14. The first-order chi connectivity index (χ1) is 32.6. The average molecular weight is 799 g/mol. The second-order valence-electron chi connectivity index (χ2n) is 16.6. The molecular formula is C59H43N3. The van der Waals surface area contributed by atoms with E-state index in [1.807, 2.05) is 65.2 Å². The molecule has 0 bridgehead atoms. The molecule has 3 nitrogen and oxygen atoms in total. The van der Waals surface area contributed by atoms with Crippen molar-refractivity contribution < 1.29 is 6.85 Å². The molecule has 0 saturated carbocycles. The van der Waals surface area contributed by atoms with E-state index in [1.165, 1.54) is 44.1 Å². The molecule has 9 aromatic carbocycles. The number of aromatic nitrogens is 2. The van der Waals surface area contributed by atoms with Crippen molar-refractivity contribution in [3.05, 3.63) is 234 Å². The van der Waals surface area contributed by atoms with Gasteiger partial charge in [-0.3, -0.25) is 0 Å². The predicted molar refractivity (Wildman–Crippen MR) is 263 cm³/mol. The fourth-order valence-electron chi connectivity index (χ4n) is 9.97. The lowest BCUT2D eigenvalue weighted by atomic mass is 9.81. The van der Waals surface area contributed by atoms with Crippen molar-refractivity contribution in [3.63, 3.8) is 0 Å². The molecule has 11 aromatic rings. The molecule has 0 unspecified atom stereocenters. The van der Waals surface area contributed by atoms with Gasteiger partial charge < -0.3 is 14.0 Å². The van der Waals surface area contributed by atoms with Crippen LogP contribution in [0.15, 0.2) is 212 Å². The summed E-state index contributed by atoms with van der Waals surface area (Å²) in [5, 5.41) is 4.29. The molecule has 2 heterocycles. The quantitative estimate of drug-likeness (QED) is 0.146. The van der Waals surface area contributed by atoms with Gasteiger partial charge in [0.2, 0.25) is 0 Å². The number of rotatable bonds is 7. The minimum atomic E-state index is -0.418. The van der Waals surface area contributed by atoms with Crippen molar-refractivity contribution in [2.45, 2.75) is 19.3 Å². The van der Waals surface area contributed by atoms with E-state index in [1.54, 1.807) is 0 Å². The van der Waals surface area contributed by atoms with Crippen LogP contribution in [0.25, 0.3) is 78.3 Å². The fourth-order valence-corrected chi connectivity index (χ4v) is 9.97. The Balaban J connectivity index is 0.996. The Hall–Kier alpha value is -7.88. The van der Waals surface area contributed by atoms with E-state index in [4.69, 9.17) is 6.85 Å². The Morgan fingerprint density at radius 2 is 1.03 bits per heavy atom. The van der Waals surface area contributed by atoms with Crippen LogP contribution in [0.4, 0.5) is 17.1 Å². The van der Waals surface area contributed by atoms with Crippen molar-refractivity contribution in [2.75, 3.05) is 4.90 Å². The van der Waals surface area contributed by atoms with Crippen LogP contribution in [-0.2, 0) is 5.41 Å². The summed E-state index contributed by atoms with van der Waals surface area (Å²) in [5.74, 6) is 0. The molecular weight excluding hydrogens is 751 g/mol. The van der Waals surface area contributed by atoms with E-state index in [-0.39, 0.29) is 35.3 Å². The van der Waals surface area contributed by atoms with Gasteiger partial charge in [-0.05, 0) is 118 Å². The molecule has 2 aromatic heterocycles. The molecule has 1 aliphatic carbocycles. The number of para-hydroxylation sites is 5. The second-order valence-corrected chi connectivity index (χ2v) is 16.6. The summed E-state index contributed by atoms with van der Waals surface area (Å²) in [6.07, 6.45) is 4.31. The van der Waals surface area contributed by atoms with E-state index in [0.717, 1.165) is 55.7 Å². The lowest BCUT2D eigenvalue weighted by Gasteiger charge is -2.25. The zero-order chi connectivity index (χ0) is 45.7. The third kappa shape index (κ3) is 5.59. The van der Waals surface area contributed by atoms with Crippen molar-refractivity contribution in [1.29, 1.82) is 0 Å². The van der Waals surface area contributed by atoms with Gasteiger partial charge in [0.05, 0.1) is 28.9 Å². The summed E-state index contributed by atoms with van der Waals surface area (Å²) in [6.45, 7) is 4.70. The van der Waals surface area contributed by atoms with Crippen LogP contribution in [0.5, 0.6) is 0 Å². The lowest BCUT2D eigenvalue weighted by molar-refractivity contribution is 0.663. The minimum Gasteiger partial charge on any atom is -0.310 e. The Morgan fingerprint density at radius 3 is 1.76 bits per heavy atom. The summed E-state index contributed by atoms with van der Waals surface area (Å²) in [4.78, 5) is 2.21. The van der Waals surface area contributed by atoms with Crippen LogP contribution in [0.3, 0.4) is 0 Å². The summed E-state index contributed by atoms with van der Waals surface area (Å²) in [7, 11) is 0. The van der Waals surface area contributed by atoms with Crippen LogP contribution in [0.1, 0.15) is 43.0 Å². The van der Waals surface area contributed by atoms with Gasteiger partial charge in [0, 0.05) is 55.4 Å². The largest absolute Gasteiger partial charge is 0.310 e. The number of anilines is 3. The van der Waals surface area contributed by atoms with Gasteiger partial charge in [-0.15, -0.1) is 0 Å². The zero-order valence-corrected chi connectivity index (χ0v) is 34.3. The van der Waals surface area contributed by atoms with E-state index in [2.05, 4.69) is 157 Å². The van der Waals surface area contributed by atoms with Crippen LogP contribution < -0.4 is 4.90 Å². The number of nitrogens with zero attached hydrogens (tertiary/aromatic N) is 3. The Morgan fingerprint density at radius 1 is 0.452 bits per heavy atom. The molecule has 0 N–H and O–H groups in total. The Kier molecular flexibility index (Phi) is 7.07. The molecule has 0 saturated heterocycles. The van der Waals surface area contributed by atoms with Gasteiger partial charge in [-0.1, -0.05) is 153 Å². The highest BCUT2D eigenvalue weighted by Gasteiger charge is 2.38. The van der Waals surface area contributed by atoms with Gasteiger partial charge >= 0.3 is 0 Å². The smallest absolute Gasteiger partial charge is 0.0645 e. The monoisotopic (exact) mass is 798 g/mol. The molecule has 0 radical (unpaired) electrons. The Bertz CT molecular complexity index is 3760. The molecule has 1 aliphatic rings. The standard InChI is InChI=1S/C59H43N3/c1-59(2)53-38-41(29-32-47(53)49-33-34-50-48-25-15-16-26-54(48)62(58(50)57(49)59)45-23-13-6-14-24-45)28-27-40-30-35-55-51(37-40)52-39-46(31-36-56(52)61(55)44-21-11-5-12-22-44)60(42-17-7-3-8-18-42)43-19-9-4-10-20-43/h3-39H,1-2H3/b28-27+/i5D,11D,12D,21D,22D. The highest BCUT2D eigenvalue weighted by Crippen LogP contribution is 2.53. The van der Waals surface area contributed by atoms with E-state index < -0.39 is 6.04 Å². The molecule has 12 rings (SSSR count). The number of benzene rings is 9. The first kappa shape index (κ1) is 31.1. The molecule has 0 amide bonds. The first-order valence-electron chi connectivity index (χ1n) is 23.6. The highest BCUT2D eigenvalue weighted by atomic mass is 15.1. The lowest BCUT2D eigenvalue weighted by Crippen LogP contribution is -2.16. The normalized spacial score (nSPS) is 14.2. The predicted octanol–water partition coefficient (Wildman–Crippen LogP) is 15.8. The zero-order valence-electron chi connectivity index (χ0n) is 39.3. The van der Waals surface area contributed by atoms with Gasteiger partial charge in [-0.2, -0.15) is 0 Å². The third-order valence-electron chi connectivity index (χ3n) is 12.7. The van der Waals surface area contributed by atoms with Crippen molar-refractivity contribution in [3.8, 4) is 22.5 Å². The second kappa shape index (κ2) is 14.1. The molecule has 0 spiro atoms. The van der Waals surface area contributed by atoms with Gasteiger partial charge in [-0.25, -0.2) is 0 Å². The van der Waals surface area contributed by atoms with Crippen molar-refractivity contribution in [2.24, 2.45) is 0 Å². The molecule has 0 aliphatic heterocycles. The van der Waals surface area contributed by atoms with E-state index in [9.17, 15) is 0 Å². The number of hydrogen-bond acceptors (Lipinski definition) is 1. The van der Waals surface area contributed by atoms with Gasteiger partial charge in [0.15, 0.2) is 0 Å². The van der Waals surface area contributed by atoms with E-state index in [0.29, 0.717) is 0 Å². The van der Waals surface area contributed by atoms with Gasteiger partial charge in [0.25, 0.3) is 0 Å². The topological polar surface area (TPSA) is 13.1 Å². The van der Waals surface area contributed by atoms with E-state index >= 15 is 0 Å². The van der Waals surface area contributed by atoms with Crippen LogP contribution >= 0.6 is 0 Å². The summed E-state index contributed by atoms with van der Waals surface area (Å²) in [6, 6.07) is 61.9. The molecule has 294 valence electrons. The van der Waals surface area contributed by atoms with Crippen LogP contribution in [-0.4, -0.2) is 9.13 Å². The molecule has 0 fully saturated rings. The van der Waals surface area contributed by atoms with Crippen molar-refractivity contribution in [1.82, 2.24) is 9.13 Å². The fraction of sp³-hybridized carbons (Fsp3) is 0.0508. The maximum absolute atomic E-state index is 9.02. The number of fused-ring (bicyclic) bond motifs is 10. The van der Waals surface area contributed by atoms with Crippen LogP contribution in [0.2, 0.25) is 0 Å². The maximum atomic E-state index is 9.02. The van der Waals surface area contributed by atoms with Crippen LogP contribution in [0, 0.1) is 0 Å². The molecule has 3 heteroatoms. The third-order valence-corrected chi connectivity index (χ3v) is 12.7. The summed E-state index contributed by atoms with van der Waals surface area (Å²) >= 11 is 0. The Labute approximate surface area is 368 Å². The maximum Gasteiger partial charge on any atom is 0.0645 e. The average Bonchev–Trinajstić information content (AvgIpc) is 3.95. The summed E-state index contributed by atoms with van der Waals surface area (Å²) in [5.41, 5.74) is 15.0. The van der Waals surface area contributed by atoms with Crippen molar-refractivity contribution >= 4 is 72.8 Å². The molecule has 62 heavy (non-hydrogen) atoms. The minimum absolute atomic E-state index is 0.119. The summed E-state index contributed by atoms with van der Waals surface area (Å²) < 4.78 is 47.8.